The van der Waals surface area contributed by atoms with Crippen molar-refractivity contribution in [3.63, 3.8) is 0 Å². The predicted octanol–water partition coefficient (Wildman–Crippen LogP) is 0.269. The molecule has 2 rings (SSSR count). The molecule has 0 spiro atoms. The predicted molar refractivity (Wildman–Crippen MR) is 43.3 cm³/mol. The Balaban J connectivity index is 2.18. The zero-order valence-electron chi connectivity index (χ0n) is 6.20. The fourth-order valence-corrected chi connectivity index (χ4v) is 1.01. The minimum absolute atomic E-state index is 0.620. The van der Waals surface area contributed by atoms with Gasteiger partial charge in [0.1, 0.15) is 0 Å². The molecule has 4 heteroatoms. The largest absolute Gasteiger partial charge is 0.396 e. The van der Waals surface area contributed by atoms with Crippen molar-refractivity contribution >= 4 is 11.6 Å². The van der Waals surface area contributed by atoms with E-state index in [0.717, 1.165) is 19.0 Å². The molecule has 2 N–H and O–H groups in total. The lowest BCUT2D eigenvalue weighted by Gasteiger charge is -2.30. The van der Waals surface area contributed by atoms with Crippen LogP contribution >= 0.6 is 0 Å². The van der Waals surface area contributed by atoms with Crippen LogP contribution in [-0.2, 0) is 0 Å². The van der Waals surface area contributed by atoms with Crippen LogP contribution in [0.4, 0.5) is 11.6 Å². The second-order valence-electron chi connectivity index (χ2n) is 2.66. The Morgan fingerprint density at radius 2 is 1.91 bits per heavy atom. The first-order valence-electron chi connectivity index (χ1n) is 3.69. The van der Waals surface area contributed by atoms with Crippen LogP contribution in [0.1, 0.15) is 6.42 Å². The van der Waals surface area contributed by atoms with Crippen molar-refractivity contribution in [3.8, 4) is 0 Å². The lowest BCUT2D eigenvalue weighted by atomic mass is 10.2. The molecule has 0 bridgehead atoms. The number of nitrogens with zero attached hydrogens (tertiary/aromatic N) is 3. The van der Waals surface area contributed by atoms with Crippen LogP contribution in [0.25, 0.3) is 0 Å². The summed E-state index contributed by atoms with van der Waals surface area (Å²) in [6, 6.07) is 0. The van der Waals surface area contributed by atoms with Gasteiger partial charge in [0.2, 0.25) is 5.95 Å². The molecule has 0 unspecified atom stereocenters. The van der Waals surface area contributed by atoms with Crippen molar-refractivity contribution in [3.05, 3.63) is 12.4 Å². The van der Waals surface area contributed by atoms with Crippen LogP contribution in [0, 0.1) is 0 Å². The molecule has 0 saturated carbocycles. The maximum atomic E-state index is 5.44. The van der Waals surface area contributed by atoms with Crippen LogP contribution < -0.4 is 10.6 Å². The highest BCUT2D eigenvalue weighted by molar-refractivity contribution is 5.39. The van der Waals surface area contributed by atoms with E-state index in [-0.39, 0.29) is 0 Å². The molecule has 0 aliphatic carbocycles. The van der Waals surface area contributed by atoms with Crippen molar-refractivity contribution in [2.75, 3.05) is 23.7 Å². The Bertz CT molecular complexity index is 239. The molecule has 58 valence electrons. The number of hydrogen-bond acceptors (Lipinski definition) is 4. The van der Waals surface area contributed by atoms with Gasteiger partial charge in [-0.2, -0.15) is 0 Å². The Kier molecular flexibility index (Phi) is 1.38. The first-order valence-corrected chi connectivity index (χ1v) is 3.69. The third-order valence-corrected chi connectivity index (χ3v) is 1.80. The fraction of sp³-hybridized carbons (Fsp3) is 0.429. The SMILES string of the molecule is Nc1cnc(N2CCC2)nc1. The summed E-state index contributed by atoms with van der Waals surface area (Å²) in [7, 11) is 0. The van der Waals surface area contributed by atoms with Crippen molar-refractivity contribution in [2.45, 2.75) is 6.42 Å². The molecule has 4 nitrogen and oxygen atoms in total. The van der Waals surface area contributed by atoms with Crippen molar-refractivity contribution in [1.82, 2.24) is 9.97 Å². The molecule has 0 amide bonds. The van der Waals surface area contributed by atoms with Gasteiger partial charge in [-0.15, -0.1) is 0 Å². The smallest absolute Gasteiger partial charge is 0.225 e. The lowest BCUT2D eigenvalue weighted by Crippen LogP contribution is -2.38. The molecule has 1 aromatic heterocycles. The first-order chi connectivity index (χ1) is 5.36. The summed E-state index contributed by atoms with van der Waals surface area (Å²) < 4.78 is 0. The quantitative estimate of drug-likeness (QED) is 0.624. The molecule has 1 aromatic rings. The van der Waals surface area contributed by atoms with E-state index in [1.165, 1.54) is 6.42 Å². The molecular formula is C7H10N4. The standard InChI is InChI=1S/C7H10N4/c8-6-4-9-7(10-5-6)11-2-1-3-11/h4-5H,1-3,8H2. The fourth-order valence-electron chi connectivity index (χ4n) is 1.01. The van der Waals surface area contributed by atoms with Crippen LogP contribution in [0.15, 0.2) is 12.4 Å². The average molecular weight is 150 g/mol. The lowest BCUT2D eigenvalue weighted by molar-refractivity contribution is 0.600. The summed E-state index contributed by atoms with van der Waals surface area (Å²) >= 11 is 0. The van der Waals surface area contributed by atoms with Gasteiger partial charge < -0.3 is 10.6 Å². The van der Waals surface area contributed by atoms with Crippen LogP contribution in [0.3, 0.4) is 0 Å². The van der Waals surface area contributed by atoms with Gasteiger partial charge in [0.25, 0.3) is 0 Å². The van der Waals surface area contributed by atoms with E-state index in [9.17, 15) is 0 Å². The molecule has 1 aliphatic rings. The second kappa shape index (κ2) is 2.38. The second-order valence-corrected chi connectivity index (χ2v) is 2.66. The monoisotopic (exact) mass is 150 g/mol. The van der Waals surface area contributed by atoms with E-state index in [0.29, 0.717) is 5.69 Å². The minimum Gasteiger partial charge on any atom is -0.396 e. The minimum atomic E-state index is 0.620. The Labute approximate surface area is 65.1 Å². The first kappa shape index (κ1) is 6.39. The molecule has 0 atom stereocenters. The molecule has 11 heavy (non-hydrogen) atoms. The summed E-state index contributed by atoms with van der Waals surface area (Å²) in [5.74, 6) is 0.797. The maximum Gasteiger partial charge on any atom is 0.225 e. The highest BCUT2D eigenvalue weighted by Gasteiger charge is 2.15. The van der Waals surface area contributed by atoms with Gasteiger partial charge in [-0.05, 0) is 6.42 Å². The van der Waals surface area contributed by atoms with Crippen LogP contribution in [0.5, 0.6) is 0 Å². The van der Waals surface area contributed by atoms with E-state index in [2.05, 4.69) is 14.9 Å². The molecule has 2 heterocycles. The average Bonchev–Trinajstić information content (AvgIpc) is 1.90. The van der Waals surface area contributed by atoms with Gasteiger partial charge >= 0.3 is 0 Å². The van der Waals surface area contributed by atoms with Crippen molar-refractivity contribution < 1.29 is 0 Å². The summed E-state index contributed by atoms with van der Waals surface area (Å²) in [6.45, 7) is 2.15. The summed E-state index contributed by atoms with van der Waals surface area (Å²) in [5.41, 5.74) is 6.06. The highest BCUT2D eigenvalue weighted by atomic mass is 15.3. The van der Waals surface area contributed by atoms with Gasteiger partial charge in [-0.3, -0.25) is 0 Å². The molecular weight excluding hydrogens is 140 g/mol. The normalized spacial score (nSPS) is 16.2. The zero-order valence-corrected chi connectivity index (χ0v) is 6.20. The number of hydrogen-bond donors (Lipinski definition) is 1. The van der Waals surface area contributed by atoms with Gasteiger partial charge in [0.05, 0.1) is 18.1 Å². The summed E-state index contributed by atoms with van der Waals surface area (Å²) in [5, 5.41) is 0. The molecule has 1 aliphatic heterocycles. The number of nitrogens with two attached hydrogens (primary N) is 1. The third kappa shape index (κ3) is 1.11. The van der Waals surface area contributed by atoms with E-state index < -0.39 is 0 Å². The van der Waals surface area contributed by atoms with E-state index >= 15 is 0 Å². The van der Waals surface area contributed by atoms with E-state index in [4.69, 9.17) is 5.73 Å². The Morgan fingerprint density at radius 1 is 1.27 bits per heavy atom. The Hall–Kier alpha value is -1.32. The molecule has 0 aromatic carbocycles. The van der Waals surface area contributed by atoms with Crippen LogP contribution in [-0.4, -0.2) is 23.1 Å². The topological polar surface area (TPSA) is 55.0 Å². The maximum absolute atomic E-state index is 5.44. The summed E-state index contributed by atoms with van der Waals surface area (Å²) in [6.07, 6.45) is 4.52. The van der Waals surface area contributed by atoms with E-state index in [1.54, 1.807) is 12.4 Å². The number of anilines is 2. The molecule has 1 saturated heterocycles. The number of aromatic nitrogens is 2. The van der Waals surface area contributed by atoms with Gasteiger partial charge in [0, 0.05) is 13.1 Å². The van der Waals surface area contributed by atoms with Crippen LogP contribution in [0.2, 0.25) is 0 Å². The molecule has 0 radical (unpaired) electrons. The van der Waals surface area contributed by atoms with Crippen molar-refractivity contribution in [2.24, 2.45) is 0 Å². The number of rotatable bonds is 1. The van der Waals surface area contributed by atoms with Crippen molar-refractivity contribution in [1.29, 1.82) is 0 Å². The van der Waals surface area contributed by atoms with E-state index in [1.807, 2.05) is 0 Å². The Morgan fingerprint density at radius 3 is 2.36 bits per heavy atom. The van der Waals surface area contributed by atoms with Gasteiger partial charge in [-0.25, -0.2) is 9.97 Å². The van der Waals surface area contributed by atoms with Gasteiger partial charge in [0.15, 0.2) is 0 Å². The van der Waals surface area contributed by atoms with Gasteiger partial charge in [-0.1, -0.05) is 0 Å². The highest BCUT2D eigenvalue weighted by Crippen LogP contribution is 2.14. The third-order valence-electron chi connectivity index (χ3n) is 1.80. The number of nitrogen functional groups attached to an aromatic ring is 1. The summed E-state index contributed by atoms with van der Waals surface area (Å²) in [4.78, 5) is 10.3. The zero-order chi connectivity index (χ0) is 7.68. The molecule has 1 fully saturated rings.